The Morgan fingerprint density at radius 2 is 1.38 bits per heavy atom. The predicted molar refractivity (Wildman–Crippen MR) is 195 cm³/mol. The largest absolute Gasteiger partial charge is 0.458 e. The summed E-state index contributed by atoms with van der Waals surface area (Å²) in [5, 5.41) is 10.0. The Labute approximate surface area is 307 Å². The number of hydrogen-bond donors (Lipinski definition) is 4. The fourth-order valence-electron chi connectivity index (χ4n) is 6.26. The van der Waals surface area contributed by atoms with E-state index in [9.17, 15) is 24.0 Å². The zero-order valence-corrected chi connectivity index (χ0v) is 31.3. The molecule has 14 nitrogen and oxygen atoms in total. The van der Waals surface area contributed by atoms with Crippen molar-refractivity contribution in [3.8, 4) is 0 Å². The van der Waals surface area contributed by atoms with Crippen LogP contribution in [-0.4, -0.2) is 91.5 Å². The lowest BCUT2D eigenvalue weighted by Crippen LogP contribution is -2.60. The number of ether oxygens (including phenoxy) is 3. The first kappa shape index (κ1) is 41.7. The fraction of sp³-hybridized carbons (Fsp3) is 0.579. The van der Waals surface area contributed by atoms with Gasteiger partial charge in [0.25, 0.3) is 5.91 Å². The summed E-state index contributed by atoms with van der Waals surface area (Å²) in [6.45, 7) is 7.68. The number of rotatable bonds is 18. The lowest BCUT2D eigenvalue weighted by Gasteiger charge is -2.36. The summed E-state index contributed by atoms with van der Waals surface area (Å²) in [7, 11) is 2.45. The number of methoxy groups -OCH3 is 2. The minimum absolute atomic E-state index is 0.00773. The molecular formula is C38H56N6O8. The molecule has 14 heteroatoms. The van der Waals surface area contributed by atoms with Gasteiger partial charge in [0.2, 0.25) is 5.91 Å². The Balaban J connectivity index is 2.04. The fourth-order valence-corrected chi connectivity index (χ4v) is 6.26. The Bertz CT molecular complexity index is 1420. The zero-order valence-electron chi connectivity index (χ0n) is 31.3. The number of nitrogens with one attached hydrogen (secondary N) is 4. The standard InChI is InChI=1S/C38H56N6O8/c1-25(2)33(41-37(48)50-5)35(46)40-30(21-27-15-9-7-10-16-27)31(52-32(45)22-29-19-13-14-20-39-29)24-44(23-28-17-11-8-12-18-28)43-36(47)34(26(3)4)42-38(49)51-6/h7,9-10,13-16,19-20,25-26,28,30-31,33-34H,8,11-12,17-18,21-24H2,1-6H3,(H,40,46)(H,41,48)(H,42,49)(H,43,47). The summed E-state index contributed by atoms with van der Waals surface area (Å²) in [5.41, 5.74) is 4.39. The van der Waals surface area contributed by atoms with Crippen molar-refractivity contribution in [2.45, 2.75) is 96.9 Å². The van der Waals surface area contributed by atoms with Gasteiger partial charge in [-0.1, -0.05) is 83.4 Å². The molecule has 0 saturated heterocycles. The number of nitrogens with zero attached hydrogens (tertiary/aromatic N) is 2. The molecule has 4 atom stereocenters. The minimum atomic E-state index is -0.985. The van der Waals surface area contributed by atoms with E-state index < -0.39 is 54.2 Å². The first-order chi connectivity index (χ1) is 24.9. The van der Waals surface area contributed by atoms with Gasteiger partial charge in [0, 0.05) is 12.7 Å². The molecule has 0 spiro atoms. The average Bonchev–Trinajstić information content (AvgIpc) is 3.12. The Kier molecular flexibility index (Phi) is 17.3. The molecule has 1 heterocycles. The van der Waals surface area contributed by atoms with Gasteiger partial charge < -0.3 is 30.2 Å². The van der Waals surface area contributed by atoms with Crippen LogP contribution in [0.4, 0.5) is 9.59 Å². The van der Waals surface area contributed by atoms with Gasteiger partial charge in [0.1, 0.15) is 18.2 Å². The molecule has 1 aromatic carbocycles. The number of aromatic nitrogens is 1. The highest BCUT2D eigenvalue weighted by Crippen LogP contribution is 2.25. The van der Waals surface area contributed by atoms with Gasteiger partial charge >= 0.3 is 18.2 Å². The molecule has 1 fully saturated rings. The summed E-state index contributed by atoms with van der Waals surface area (Å²) in [5.74, 6) is -1.85. The quantitative estimate of drug-likeness (QED) is 0.100. The van der Waals surface area contributed by atoms with Crippen LogP contribution in [0.15, 0.2) is 54.7 Å². The van der Waals surface area contributed by atoms with Gasteiger partial charge in [-0.2, -0.15) is 0 Å². The topological polar surface area (TPSA) is 177 Å². The monoisotopic (exact) mass is 724 g/mol. The Morgan fingerprint density at radius 3 is 1.94 bits per heavy atom. The number of carbonyl (C=O) groups is 5. The number of alkyl carbamates (subject to hydrolysis) is 2. The highest BCUT2D eigenvalue weighted by molar-refractivity contribution is 5.86. The van der Waals surface area contributed by atoms with Crippen molar-refractivity contribution in [2.75, 3.05) is 27.3 Å². The normalized spacial score (nSPS) is 15.6. The average molecular weight is 725 g/mol. The molecule has 4 N–H and O–H groups in total. The second kappa shape index (κ2) is 21.6. The second-order valence-corrected chi connectivity index (χ2v) is 13.9. The number of hydrazine groups is 1. The van der Waals surface area contributed by atoms with Crippen molar-refractivity contribution in [3.05, 3.63) is 66.0 Å². The summed E-state index contributed by atoms with van der Waals surface area (Å²) >= 11 is 0. The van der Waals surface area contributed by atoms with E-state index in [1.807, 2.05) is 44.2 Å². The van der Waals surface area contributed by atoms with Crippen molar-refractivity contribution in [1.29, 1.82) is 0 Å². The maximum absolute atomic E-state index is 13.9. The number of hydrogen-bond acceptors (Lipinski definition) is 10. The maximum atomic E-state index is 13.9. The highest BCUT2D eigenvalue weighted by atomic mass is 16.5. The van der Waals surface area contributed by atoms with E-state index in [0.29, 0.717) is 12.2 Å². The van der Waals surface area contributed by atoms with Crippen LogP contribution in [0.2, 0.25) is 0 Å². The predicted octanol–water partition coefficient (Wildman–Crippen LogP) is 3.94. The first-order valence-electron chi connectivity index (χ1n) is 18.1. The molecule has 286 valence electrons. The number of esters is 1. The summed E-state index contributed by atoms with van der Waals surface area (Å²) in [4.78, 5) is 70.0. The molecule has 1 saturated carbocycles. The number of benzene rings is 1. The SMILES string of the molecule is COC(=O)NC(C(=O)NC(Cc1ccccc1)C(CN(CC1CCCCC1)NC(=O)C(NC(=O)OC)C(C)C)OC(=O)Cc1ccccn1)C(C)C. The van der Waals surface area contributed by atoms with Crippen LogP contribution in [0.3, 0.4) is 0 Å². The van der Waals surface area contributed by atoms with Gasteiger partial charge in [-0.3, -0.25) is 24.8 Å². The second-order valence-electron chi connectivity index (χ2n) is 13.9. The molecule has 0 radical (unpaired) electrons. The summed E-state index contributed by atoms with van der Waals surface area (Å²) in [6, 6.07) is 12.0. The van der Waals surface area contributed by atoms with Crippen molar-refractivity contribution >= 4 is 30.0 Å². The molecule has 1 aromatic heterocycles. The lowest BCUT2D eigenvalue weighted by atomic mass is 9.89. The lowest BCUT2D eigenvalue weighted by molar-refractivity contribution is -0.153. The van der Waals surface area contributed by atoms with Gasteiger partial charge in [-0.15, -0.1) is 0 Å². The Morgan fingerprint density at radius 1 is 0.788 bits per heavy atom. The van der Waals surface area contributed by atoms with Gasteiger partial charge in [-0.25, -0.2) is 14.6 Å². The smallest absolute Gasteiger partial charge is 0.407 e. The maximum Gasteiger partial charge on any atom is 0.407 e. The van der Waals surface area contributed by atoms with Gasteiger partial charge in [0.15, 0.2) is 0 Å². The van der Waals surface area contributed by atoms with Crippen molar-refractivity contribution < 1.29 is 38.2 Å². The van der Waals surface area contributed by atoms with E-state index in [4.69, 9.17) is 14.2 Å². The van der Waals surface area contributed by atoms with Crippen LogP contribution in [0.5, 0.6) is 0 Å². The molecule has 3 rings (SSSR count). The summed E-state index contributed by atoms with van der Waals surface area (Å²) in [6.07, 6.45) is 4.44. The van der Waals surface area contributed by atoms with Crippen LogP contribution in [0.1, 0.15) is 71.1 Å². The van der Waals surface area contributed by atoms with Crippen LogP contribution < -0.4 is 21.4 Å². The molecule has 4 unspecified atom stereocenters. The van der Waals surface area contributed by atoms with Crippen LogP contribution in [0, 0.1) is 17.8 Å². The molecule has 0 bridgehead atoms. The molecule has 52 heavy (non-hydrogen) atoms. The van der Waals surface area contributed by atoms with E-state index in [-0.39, 0.29) is 37.1 Å². The van der Waals surface area contributed by atoms with Crippen molar-refractivity contribution in [2.24, 2.45) is 17.8 Å². The van der Waals surface area contributed by atoms with E-state index in [2.05, 4.69) is 26.4 Å². The van der Waals surface area contributed by atoms with E-state index in [1.165, 1.54) is 14.2 Å². The molecule has 1 aliphatic carbocycles. The van der Waals surface area contributed by atoms with Gasteiger partial charge in [-0.05, 0) is 54.7 Å². The summed E-state index contributed by atoms with van der Waals surface area (Å²) < 4.78 is 15.8. The first-order valence-corrected chi connectivity index (χ1v) is 18.1. The zero-order chi connectivity index (χ0) is 38.0. The highest BCUT2D eigenvalue weighted by Gasteiger charge is 2.35. The molecule has 1 aliphatic rings. The van der Waals surface area contributed by atoms with Crippen LogP contribution >= 0.6 is 0 Å². The van der Waals surface area contributed by atoms with E-state index in [0.717, 1.165) is 37.7 Å². The molecular weight excluding hydrogens is 668 g/mol. The third kappa shape index (κ3) is 14.1. The number of carbonyl (C=O) groups excluding carboxylic acids is 5. The number of pyridine rings is 1. The molecule has 4 amide bonds. The molecule has 2 aromatic rings. The third-order valence-electron chi connectivity index (χ3n) is 9.10. The van der Waals surface area contributed by atoms with Crippen molar-refractivity contribution in [1.82, 2.24) is 31.4 Å². The minimum Gasteiger partial charge on any atom is -0.458 e. The van der Waals surface area contributed by atoms with E-state index in [1.54, 1.807) is 43.3 Å². The van der Waals surface area contributed by atoms with Gasteiger partial charge in [0.05, 0.1) is 38.9 Å². The van der Waals surface area contributed by atoms with Crippen molar-refractivity contribution in [3.63, 3.8) is 0 Å². The van der Waals surface area contributed by atoms with Crippen LogP contribution in [0.25, 0.3) is 0 Å². The van der Waals surface area contributed by atoms with Crippen LogP contribution in [-0.2, 0) is 41.4 Å². The third-order valence-corrected chi connectivity index (χ3v) is 9.10. The number of amides is 4. The Hall–Kier alpha value is -4.72. The van der Waals surface area contributed by atoms with E-state index >= 15 is 0 Å². The molecule has 0 aliphatic heterocycles.